The lowest BCUT2D eigenvalue weighted by molar-refractivity contribution is -0.126. The molecule has 2 N–H and O–H groups in total. The third-order valence-electron chi connectivity index (χ3n) is 2.70. The minimum absolute atomic E-state index is 0.207. The Kier molecular flexibility index (Phi) is 6.52. The zero-order chi connectivity index (χ0) is 15.8. The number of carbonyl (C=O) groups excluding carboxylic acids is 2. The molecular weight excluding hydrogens is 272 g/mol. The second-order valence-electron chi connectivity index (χ2n) is 4.99. The maximum Gasteiger partial charge on any atom is 0.233 e. The Bertz CT molecular complexity index is 500. The Labute approximate surface area is 124 Å². The molecule has 0 saturated carbocycles. The molecule has 1 aromatic carbocycles. The average Bonchev–Trinajstić information content (AvgIpc) is 2.44. The maximum absolute atomic E-state index is 11.8. The number of amides is 2. The van der Waals surface area contributed by atoms with E-state index in [1.165, 1.54) is 14.2 Å². The highest BCUT2D eigenvalue weighted by Gasteiger charge is 2.11. The van der Waals surface area contributed by atoms with Gasteiger partial charge in [0.25, 0.3) is 0 Å². The zero-order valence-corrected chi connectivity index (χ0v) is 12.9. The van der Waals surface area contributed by atoms with Gasteiger partial charge in [-0.1, -0.05) is 13.8 Å². The molecule has 0 aliphatic carbocycles. The lowest BCUT2D eigenvalue weighted by Crippen LogP contribution is -2.30. The van der Waals surface area contributed by atoms with E-state index in [0.29, 0.717) is 29.6 Å². The highest BCUT2D eigenvalue weighted by Crippen LogP contribution is 2.29. The molecule has 1 aromatic rings. The van der Waals surface area contributed by atoms with Crippen LogP contribution in [0.15, 0.2) is 18.2 Å². The van der Waals surface area contributed by atoms with Crippen molar-refractivity contribution in [1.82, 2.24) is 5.32 Å². The summed E-state index contributed by atoms with van der Waals surface area (Å²) in [5, 5.41) is 5.35. The van der Waals surface area contributed by atoms with Crippen LogP contribution in [0.3, 0.4) is 0 Å². The topological polar surface area (TPSA) is 76.7 Å². The van der Waals surface area contributed by atoms with Crippen LogP contribution >= 0.6 is 0 Å². The number of carbonyl (C=O) groups is 2. The van der Waals surface area contributed by atoms with Crippen LogP contribution in [0.5, 0.6) is 11.5 Å². The summed E-state index contributed by atoms with van der Waals surface area (Å²) in [5.74, 6) is 0.776. The molecule has 0 aliphatic heterocycles. The van der Waals surface area contributed by atoms with Gasteiger partial charge in [-0.2, -0.15) is 0 Å². The van der Waals surface area contributed by atoms with Gasteiger partial charge in [0.05, 0.1) is 14.2 Å². The Morgan fingerprint density at radius 2 is 1.76 bits per heavy atom. The minimum atomic E-state index is -0.372. The van der Waals surface area contributed by atoms with E-state index in [0.717, 1.165) is 0 Å². The molecule has 6 heteroatoms. The molecule has 2 amide bonds. The Balaban J connectivity index is 2.56. The average molecular weight is 294 g/mol. The summed E-state index contributed by atoms with van der Waals surface area (Å²) < 4.78 is 10.3. The smallest absolute Gasteiger partial charge is 0.233 e. The number of nitrogens with one attached hydrogen (secondary N) is 2. The van der Waals surface area contributed by atoms with Crippen LogP contribution in [0, 0.1) is 5.92 Å². The van der Waals surface area contributed by atoms with Crippen molar-refractivity contribution >= 4 is 17.5 Å². The van der Waals surface area contributed by atoms with Gasteiger partial charge in [-0.15, -0.1) is 0 Å². The summed E-state index contributed by atoms with van der Waals surface area (Å²) >= 11 is 0. The zero-order valence-electron chi connectivity index (χ0n) is 12.9. The highest BCUT2D eigenvalue weighted by molar-refractivity contribution is 6.03. The van der Waals surface area contributed by atoms with Crippen molar-refractivity contribution in [3.05, 3.63) is 18.2 Å². The van der Waals surface area contributed by atoms with Crippen LogP contribution in [0.25, 0.3) is 0 Å². The van der Waals surface area contributed by atoms with Gasteiger partial charge in [0.15, 0.2) is 11.5 Å². The monoisotopic (exact) mass is 294 g/mol. The molecule has 0 radical (unpaired) electrons. The highest BCUT2D eigenvalue weighted by atomic mass is 16.5. The molecular formula is C15H22N2O4. The molecule has 0 heterocycles. The van der Waals surface area contributed by atoms with Gasteiger partial charge in [-0.25, -0.2) is 0 Å². The molecule has 0 aliphatic rings. The third kappa shape index (κ3) is 5.72. The van der Waals surface area contributed by atoms with Gasteiger partial charge in [-0.3, -0.25) is 9.59 Å². The van der Waals surface area contributed by atoms with Crippen LogP contribution in [0.1, 0.15) is 20.3 Å². The lowest BCUT2D eigenvalue weighted by Gasteiger charge is -2.11. The molecule has 0 fully saturated rings. The van der Waals surface area contributed by atoms with Crippen molar-refractivity contribution in [2.45, 2.75) is 20.3 Å². The van der Waals surface area contributed by atoms with Gasteiger partial charge in [0.2, 0.25) is 11.8 Å². The number of hydrogen-bond acceptors (Lipinski definition) is 4. The first-order chi connectivity index (χ1) is 9.96. The van der Waals surface area contributed by atoms with E-state index in [-0.39, 0.29) is 18.2 Å². The summed E-state index contributed by atoms with van der Waals surface area (Å²) in [6.45, 7) is 4.54. The number of methoxy groups -OCH3 is 2. The van der Waals surface area contributed by atoms with E-state index in [1.54, 1.807) is 18.2 Å². The number of hydrogen-bond donors (Lipinski definition) is 2. The predicted octanol–water partition coefficient (Wildman–Crippen LogP) is 1.80. The van der Waals surface area contributed by atoms with Gasteiger partial charge in [-0.05, 0) is 18.1 Å². The van der Waals surface area contributed by atoms with Crippen LogP contribution < -0.4 is 20.1 Å². The fourth-order valence-electron chi connectivity index (χ4n) is 1.65. The van der Waals surface area contributed by atoms with Crippen LogP contribution in [-0.4, -0.2) is 32.6 Å². The van der Waals surface area contributed by atoms with Gasteiger partial charge in [0, 0.05) is 18.3 Å². The van der Waals surface area contributed by atoms with E-state index < -0.39 is 0 Å². The number of ether oxygens (including phenoxy) is 2. The predicted molar refractivity (Wildman–Crippen MR) is 80.6 cm³/mol. The third-order valence-corrected chi connectivity index (χ3v) is 2.70. The molecule has 0 spiro atoms. The van der Waals surface area contributed by atoms with Crippen LogP contribution in [0.2, 0.25) is 0 Å². The molecule has 21 heavy (non-hydrogen) atoms. The molecule has 0 bridgehead atoms. The number of benzene rings is 1. The van der Waals surface area contributed by atoms with Crippen molar-refractivity contribution in [2.24, 2.45) is 5.92 Å². The first-order valence-corrected chi connectivity index (χ1v) is 6.74. The van der Waals surface area contributed by atoms with Gasteiger partial charge in [0.1, 0.15) is 6.42 Å². The second-order valence-corrected chi connectivity index (χ2v) is 4.99. The second kappa shape index (κ2) is 8.14. The fraction of sp³-hybridized carbons (Fsp3) is 0.467. The summed E-state index contributed by atoms with van der Waals surface area (Å²) in [7, 11) is 3.05. The van der Waals surface area contributed by atoms with E-state index in [4.69, 9.17) is 9.47 Å². The summed E-state index contributed by atoms with van der Waals surface area (Å²) in [5.41, 5.74) is 0.550. The van der Waals surface area contributed by atoms with E-state index >= 15 is 0 Å². The van der Waals surface area contributed by atoms with Crippen molar-refractivity contribution in [3.63, 3.8) is 0 Å². The van der Waals surface area contributed by atoms with E-state index in [9.17, 15) is 9.59 Å². The summed E-state index contributed by atoms with van der Waals surface area (Å²) in [6.07, 6.45) is -0.207. The van der Waals surface area contributed by atoms with Crippen molar-refractivity contribution in [1.29, 1.82) is 0 Å². The molecule has 6 nitrogen and oxygen atoms in total. The van der Waals surface area contributed by atoms with Gasteiger partial charge >= 0.3 is 0 Å². The first kappa shape index (κ1) is 16.8. The molecule has 116 valence electrons. The number of anilines is 1. The lowest BCUT2D eigenvalue weighted by atomic mass is 10.2. The SMILES string of the molecule is COc1ccc(NC(=O)CC(=O)NCC(C)C)cc1OC. The van der Waals surface area contributed by atoms with Crippen LogP contribution in [-0.2, 0) is 9.59 Å². The standard InChI is InChI=1S/C15H22N2O4/c1-10(2)9-16-14(18)8-15(19)17-11-5-6-12(20-3)13(7-11)21-4/h5-7,10H,8-9H2,1-4H3,(H,16,18)(H,17,19). The van der Waals surface area contributed by atoms with Crippen LogP contribution in [0.4, 0.5) is 5.69 Å². The quantitative estimate of drug-likeness (QED) is 0.752. The fourth-order valence-corrected chi connectivity index (χ4v) is 1.65. The van der Waals surface area contributed by atoms with E-state index in [2.05, 4.69) is 10.6 Å². The van der Waals surface area contributed by atoms with E-state index in [1.807, 2.05) is 13.8 Å². The largest absolute Gasteiger partial charge is 0.493 e. The first-order valence-electron chi connectivity index (χ1n) is 6.74. The summed E-state index contributed by atoms with van der Waals surface area (Å²) in [4.78, 5) is 23.3. The maximum atomic E-state index is 11.8. The molecule has 0 aromatic heterocycles. The van der Waals surface area contributed by atoms with Crippen molar-refractivity contribution < 1.29 is 19.1 Å². The molecule has 1 rings (SSSR count). The molecule has 0 unspecified atom stereocenters. The Morgan fingerprint density at radius 3 is 2.33 bits per heavy atom. The Morgan fingerprint density at radius 1 is 1.10 bits per heavy atom. The Hall–Kier alpha value is -2.24. The normalized spacial score (nSPS) is 10.1. The minimum Gasteiger partial charge on any atom is -0.493 e. The number of rotatable bonds is 7. The van der Waals surface area contributed by atoms with Crippen molar-refractivity contribution in [2.75, 3.05) is 26.1 Å². The van der Waals surface area contributed by atoms with Crippen molar-refractivity contribution in [3.8, 4) is 11.5 Å². The van der Waals surface area contributed by atoms with Gasteiger partial charge < -0.3 is 20.1 Å². The molecule has 0 saturated heterocycles. The molecule has 0 atom stereocenters. The summed E-state index contributed by atoms with van der Waals surface area (Å²) in [6, 6.07) is 5.02.